The van der Waals surface area contributed by atoms with Crippen LogP contribution in [0.4, 0.5) is 13.2 Å². The monoisotopic (exact) mass is 339 g/mol. The molecule has 108 valence electrons. The molecular formula is C13H17BrF3NO. The van der Waals surface area contributed by atoms with Crippen LogP contribution in [0.15, 0.2) is 22.7 Å². The Morgan fingerprint density at radius 1 is 1.37 bits per heavy atom. The molecule has 19 heavy (non-hydrogen) atoms. The average Bonchev–Trinajstić information content (AvgIpc) is 2.33. The Balaban J connectivity index is 2.72. The van der Waals surface area contributed by atoms with Gasteiger partial charge in [0.1, 0.15) is 5.75 Å². The molecule has 2 nitrogen and oxygen atoms in total. The highest BCUT2D eigenvalue weighted by molar-refractivity contribution is 9.10. The van der Waals surface area contributed by atoms with Crippen molar-refractivity contribution in [2.45, 2.75) is 31.5 Å². The quantitative estimate of drug-likeness (QED) is 0.847. The van der Waals surface area contributed by atoms with Gasteiger partial charge in [0.05, 0.1) is 7.11 Å². The first kappa shape index (κ1) is 16.3. The van der Waals surface area contributed by atoms with Gasteiger partial charge in [0.25, 0.3) is 0 Å². The van der Waals surface area contributed by atoms with Gasteiger partial charge in [-0.25, -0.2) is 0 Å². The lowest BCUT2D eigenvalue weighted by molar-refractivity contribution is -0.136. The van der Waals surface area contributed by atoms with Crippen LogP contribution in [0.3, 0.4) is 0 Å². The van der Waals surface area contributed by atoms with Gasteiger partial charge in [-0.05, 0) is 43.7 Å². The molecule has 0 aliphatic rings. The Kier molecular flexibility index (Phi) is 6.13. The summed E-state index contributed by atoms with van der Waals surface area (Å²) < 4.78 is 42.8. The van der Waals surface area contributed by atoms with E-state index in [1.807, 2.05) is 12.1 Å². The summed E-state index contributed by atoms with van der Waals surface area (Å²) >= 11 is 3.35. The van der Waals surface area contributed by atoms with Crippen LogP contribution in [-0.4, -0.2) is 26.4 Å². The van der Waals surface area contributed by atoms with Gasteiger partial charge in [0, 0.05) is 16.9 Å². The second-order valence-electron chi connectivity index (χ2n) is 4.30. The minimum atomic E-state index is -4.11. The third-order valence-electron chi connectivity index (χ3n) is 2.89. The Labute approximate surface area is 119 Å². The molecule has 0 saturated heterocycles. The van der Waals surface area contributed by atoms with Crippen LogP contribution in [0.25, 0.3) is 0 Å². The highest BCUT2D eigenvalue weighted by atomic mass is 79.9. The van der Waals surface area contributed by atoms with E-state index in [0.717, 1.165) is 10.0 Å². The molecule has 1 aromatic rings. The number of benzene rings is 1. The molecule has 0 aliphatic carbocycles. The summed E-state index contributed by atoms with van der Waals surface area (Å²) in [6.45, 7) is 0. The fourth-order valence-corrected chi connectivity index (χ4v) is 2.27. The van der Waals surface area contributed by atoms with Crippen molar-refractivity contribution >= 4 is 15.9 Å². The molecule has 0 amide bonds. The van der Waals surface area contributed by atoms with E-state index in [4.69, 9.17) is 4.74 Å². The van der Waals surface area contributed by atoms with Gasteiger partial charge in [-0.15, -0.1) is 0 Å². The maximum atomic E-state index is 12.2. The molecular weight excluding hydrogens is 323 g/mol. The van der Waals surface area contributed by atoms with E-state index in [0.29, 0.717) is 12.2 Å². The van der Waals surface area contributed by atoms with Crippen molar-refractivity contribution in [2.75, 3.05) is 14.2 Å². The van der Waals surface area contributed by atoms with Crippen LogP contribution >= 0.6 is 15.9 Å². The fourth-order valence-electron chi connectivity index (χ4n) is 1.86. The van der Waals surface area contributed by atoms with Crippen molar-refractivity contribution in [3.63, 3.8) is 0 Å². The molecule has 1 atom stereocenters. The zero-order valence-electron chi connectivity index (χ0n) is 10.9. The number of alkyl halides is 3. The zero-order valence-corrected chi connectivity index (χ0v) is 12.4. The fraction of sp³-hybridized carbons (Fsp3) is 0.538. The lowest BCUT2D eigenvalue weighted by Gasteiger charge is -2.19. The van der Waals surface area contributed by atoms with E-state index in [2.05, 4.69) is 21.2 Å². The summed E-state index contributed by atoms with van der Waals surface area (Å²) in [4.78, 5) is 0. The van der Waals surface area contributed by atoms with Crippen LogP contribution < -0.4 is 10.1 Å². The summed E-state index contributed by atoms with van der Waals surface area (Å²) in [5.41, 5.74) is 0.887. The van der Waals surface area contributed by atoms with Crippen molar-refractivity contribution in [3.8, 4) is 5.75 Å². The highest BCUT2D eigenvalue weighted by Gasteiger charge is 2.28. The van der Waals surface area contributed by atoms with E-state index < -0.39 is 12.6 Å². The summed E-state index contributed by atoms with van der Waals surface area (Å²) in [5.74, 6) is 0.690. The van der Waals surface area contributed by atoms with Gasteiger partial charge < -0.3 is 10.1 Å². The number of hydrogen-bond acceptors (Lipinski definition) is 2. The first-order valence-electron chi connectivity index (χ1n) is 5.92. The number of halogens is 4. The van der Waals surface area contributed by atoms with Gasteiger partial charge in [-0.3, -0.25) is 0 Å². The van der Waals surface area contributed by atoms with E-state index >= 15 is 0 Å². The molecule has 0 saturated carbocycles. The Hall–Kier alpha value is -0.750. The molecule has 0 fully saturated rings. The predicted octanol–water partition coefficient (Wildman–Crippen LogP) is 3.93. The summed E-state index contributed by atoms with van der Waals surface area (Å²) in [6, 6.07) is 5.28. The third-order valence-corrected chi connectivity index (χ3v) is 3.39. The Morgan fingerprint density at radius 2 is 2.05 bits per heavy atom. The molecule has 1 aromatic carbocycles. The maximum Gasteiger partial charge on any atom is 0.389 e. The van der Waals surface area contributed by atoms with E-state index in [1.165, 1.54) is 0 Å². The third kappa shape index (κ3) is 5.82. The zero-order chi connectivity index (χ0) is 14.5. The Bertz CT molecular complexity index is 409. The minimum Gasteiger partial charge on any atom is -0.496 e. The number of nitrogens with one attached hydrogen (secondary N) is 1. The van der Waals surface area contributed by atoms with Crippen molar-refractivity contribution in [1.29, 1.82) is 0 Å². The largest absolute Gasteiger partial charge is 0.496 e. The van der Waals surface area contributed by atoms with Crippen molar-refractivity contribution < 1.29 is 17.9 Å². The molecule has 0 heterocycles. The minimum absolute atomic E-state index is 0.0513. The summed E-state index contributed by atoms with van der Waals surface area (Å²) in [6.07, 6.45) is -4.35. The molecule has 1 rings (SSSR count). The standard InChI is InChI=1S/C13H17BrF3NO/c1-18-11(5-6-13(15,16)17)8-9-7-10(14)3-4-12(9)19-2/h3-4,7,11,18H,5-6,8H2,1-2H3. The number of methoxy groups -OCH3 is 1. The number of rotatable bonds is 6. The van der Waals surface area contributed by atoms with Crippen LogP contribution in [-0.2, 0) is 6.42 Å². The molecule has 0 aliphatic heterocycles. The second-order valence-corrected chi connectivity index (χ2v) is 5.22. The molecule has 1 unspecified atom stereocenters. The summed E-state index contributed by atoms with van der Waals surface area (Å²) in [7, 11) is 3.22. The van der Waals surface area contributed by atoms with Crippen molar-refractivity contribution in [1.82, 2.24) is 5.32 Å². The topological polar surface area (TPSA) is 21.3 Å². The van der Waals surface area contributed by atoms with Crippen LogP contribution in [0.2, 0.25) is 0 Å². The molecule has 0 aromatic heterocycles. The number of ether oxygens (including phenoxy) is 1. The maximum absolute atomic E-state index is 12.2. The van der Waals surface area contributed by atoms with E-state index in [1.54, 1.807) is 20.2 Å². The van der Waals surface area contributed by atoms with E-state index in [-0.39, 0.29) is 12.5 Å². The first-order chi connectivity index (χ1) is 8.85. The van der Waals surface area contributed by atoms with Crippen molar-refractivity contribution in [2.24, 2.45) is 0 Å². The van der Waals surface area contributed by atoms with Gasteiger partial charge in [0.15, 0.2) is 0 Å². The Morgan fingerprint density at radius 3 is 2.58 bits per heavy atom. The van der Waals surface area contributed by atoms with Gasteiger partial charge >= 0.3 is 6.18 Å². The van der Waals surface area contributed by atoms with E-state index in [9.17, 15) is 13.2 Å². The van der Waals surface area contributed by atoms with Gasteiger partial charge in [0.2, 0.25) is 0 Å². The van der Waals surface area contributed by atoms with Crippen LogP contribution in [0, 0.1) is 0 Å². The number of hydrogen-bond donors (Lipinski definition) is 1. The molecule has 0 bridgehead atoms. The van der Waals surface area contributed by atoms with Crippen LogP contribution in [0.5, 0.6) is 5.75 Å². The molecule has 6 heteroatoms. The highest BCUT2D eigenvalue weighted by Crippen LogP contribution is 2.27. The average molecular weight is 340 g/mol. The number of likely N-dealkylation sites (N-methyl/N-ethyl adjacent to an activating group) is 1. The van der Waals surface area contributed by atoms with Gasteiger partial charge in [-0.2, -0.15) is 13.2 Å². The molecule has 0 spiro atoms. The summed E-state index contributed by atoms with van der Waals surface area (Å²) in [5, 5.41) is 2.92. The smallest absolute Gasteiger partial charge is 0.389 e. The van der Waals surface area contributed by atoms with Gasteiger partial charge in [-0.1, -0.05) is 15.9 Å². The molecule has 0 radical (unpaired) electrons. The first-order valence-corrected chi connectivity index (χ1v) is 6.71. The van der Waals surface area contributed by atoms with Crippen LogP contribution in [0.1, 0.15) is 18.4 Å². The SMILES string of the molecule is CNC(CCC(F)(F)F)Cc1cc(Br)ccc1OC. The predicted molar refractivity (Wildman–Crippen MR) is 72.5 cm³/mol. The normalized spacial score (nSPS) is 13.4. The lowest BCUT2D eigenvalue weighted by atomic mass is 10.0. The lowest BCUT2D eigenvalue weighted by Crippen LogP contribution is -2.29. The van der Waals surface area contributed by atoms with Crippen molar-refractivity contribution in [3.05, 3.63) is 28.2 Å². The molecule has 1 N–H and O–H groups in total. The second kappa shape index (κ2) is 7.14.